The van der Waals surface area contributed by atoms with Gasteiger partial charge in [-0.1, -0.05) is 0 Å². The number of ketones is 1. The maximum absolute atomic E-state index is 13.8. The van der Waals surface area contributed by atoms with E-state index in [1.807, 2.05) is 5.32 Å². The van der Waals surface area contributed by atoms with Gasteiger partial charge in [0.1, 0.15) is 11.8 Å². The van der Waals surface area contributed by atoms with E-state index >= 15 is 0 Å². The molecule has 0 radical (unpaired) electrons. The number of hydrogen-bond donors (Lipinski definition) is 3. The summed E-state index contributed by atoms with van der Waals surface area (Å²) in [5.74, 6) is -1.64. The van der Waals surface area contributed by atoms with Crippen LogP contribution in [0, 0.1) is 11.3 Å². The van der Waals surface area contributed by atoms with Crippen LogP contribution in [0.3, 0.4) is 0 Å². The number of nitriles is 1. The van der Waals surface area contributed by atoms with Gasteiger partial charge in [-0.05, 0) is 37.1 Å². The molecule has 3 rings (SSSR count). The molecule has 1 saturated heterocycles. The highest BCUT2D eigenvalue weighted by molar-refractivity contribution is 6.12. The van der Waals surface area contributed by atoms with Crippen molar-refractivity contribution in [2.45, 2.75) is 25.4 Å². The Morgan fingerprint density at radius 2 is 1.79 bits per heavy atom. The molecule has 3 N–H and O–H groups in total. The summed E-state index contributed by atoms with van der Waals surface area (Å²) in [4.78, 5) is 41.2. The summed E-state index contributed by atoms with van der Waals surface area (Å²) in [6.45, 7) is 0.763. The molecular formula is C21H18F3N5O4. The van der Waals surface area contributed by atoms with Gasteiger partial charge in [0.2, 0.25) is 5.91 Å². The lowest BCUT2D eigenvalue weighted by atomic mass is 10.1. The second-order valence-corrected chi connectivity index (χ2v) is 7.23. The van der Waals surface area contributed by atoms with Crippen molar-refractivity contribution in [3.05, 3.63) is 47.3 Å². The molecule has 33 heavy (non-hydrogen) atoms. The number of amides is 2. The van der Waals surface area contributed by atoms with Gasteiger partial charge in [-0.15, -0.1) is 0 Å². The molecule has 2 heterocycles. The second-order valence-electron chi connectivity index (χ2n) is 7.23. The number of carbonyl (C=O) groups is 3. The van der Waals surface area contributed by atoms with E-state index in [4.69, 9.17) is 10.4 Å². The third-order valence-electron chi connectivity index (χ3n) is 4.92. The van der Waals surface area contributed by atoms with Crippen LogP contribution in [-0.2, 0) is 11.0 Å². The quantitative estimate of drug-likeness (QED) is 0.439. The third kappa shape index (κ3) is 5.76. The zero-order chi connectivity index (χ0) is 24.2. The summed E-state index contributed by atoms with van der Waals surface area (Å²) in [5.41, 5.74) is -1.93. The van der Waals surface area contributed by atoms with Crippen molar-refractivity contribution < 1.29 is 32.7 Å². The minimum absolute atomic E-state index is 0.0287. The molecule has 1 aromatic carbocycles. The van der Waals surface area contributed by atoms with Crippen LogP contribution in [-0.4, -0.2) is 41.0 Å². The average Bonchev–Trinajstić information content (AvgIpc) is 3.28. The number of hydrogen-bond acceptors (Lipinski definition) is 6. The van der Waals surface area contributed by atoms with Crippen LogP contribution in [0.25, 0.3) is 0 Å². The van der Waals surface area contributed by atoms with Gasteiger partial charge in [-0.3, -0.25) is 14.9 Å². The number of aromatic nitrogens is 1. The molecule has 1 aromatic heterocycles. The first kappa shape index (κ1) is 23.5. The van der Waals surface area contributed by atoms with Crippen molar-refractivity contribution in [2.24, 2.45) is 0 Å². The zero-order valence-corrected chi connectivity index (χ0v) is 17.1. The van der Waals surface area contributed by atoms with Crippen molar-refractivity contribution in [1.82, 2.24) is 4.98 Å². The van der Waals surface area contributed by atoms with Crippen LogP contribution < -0.4 is 15.5 Å². The van der Waals surface area contributed by atoms with E-state index in [2.05, 4.69) is 10.3 Å². The van der Waals surface area contributed by atoms with Gasteiger partial charge in [-0.25, -0.2) is 9.78 Å². The van der Waals surface area contributed by atoms with Crippen molar-refractivity contribution in [2.75, 3.05) is 28.6 Å². The number of carbonyl (C=O) groups excluding carboxylic acids is 2. The van der Waals surface area contributed by atoms with Crippen LogP contribution in [0.15, 0.2) is 30.5 Å². The number of benzene rings is 1. The fourth-order valence-electron chi connectivity index (χ4n) is 3.46. The van der Waals surface area contributed by atoms with E-state index in [0.717, 1.165) is 6.07 Å². The maximum Gasteiger partial charge on any atom is 0.418 e. The van der Waals surface area contributed by atoms with Crippen molar-refractivity contribution in [1.29, 1.82) is 5.26 Å². The van der Waals surface area contributed by atoms with Crippen LogP contribution in [0.2, 0.25) is 0 Å². The predicted molar refractivity (Wildman–Crippen MR) is 111 cm³/mol. The Balaban J connectivity index is 1.91. The van der Waals surface area contributed by atoms with Crippen LogP contribution in [0.1, 0.15) is 40.9 Å². The first-order chi connectivity index (χ1) is 15.6. The highest BCUT2D eigenvalue weighted by Crippen LogP contribution is 2.42. The molecule has 2 aromatic rings. The first-order valence-electron chi connectivity index (χ1n) is 9.78. The largest absolute Gasteiger partial charge is 0.465 e. The predicted octanol–water partition coefficient (Wildman–Crippen LogP) is 3.87. The summed E-state index contributed by atoms with van der Waals surface area (Å²) >= 11 is 0. The van der Waals surface area contributed by atoms with Crippen molar-refractivity contribution >= 4 is 34.8 Å². The van der Waals surface area contributed by atoms with Crippen molar-refractivity contribution in [3.8, 4) is 6.07 Å². The lowest BCUT2D eigenvalue weighted by Crippen LogP contribution is -2.24. The van der Waals surface area contributed by atoms with Gasteiger partial charge in [0, 0.05) is 24.8 Å². The topological polar surface area (TPSA) is 135 Å². The number of halogens is 3. The number of nitrogens with one attached hydrogen (secondary N) is 2. The van der Waals surface area contributed by atoms with Gasteiger partial charge in [0.05, 0.1) is 29.0 Å². The Kier molecular flexibility index (Phi) is 6.81. The summed E-state index contributed by atoms with van der Waals surface area (Å²) < 4.78 is 41.3. The Morgan fingerprint density at radius 1 is 1.12 bits per heavy atom. The molecule has 0 aliphatic carbocycles. The summed E-state index contributed by atoms with van der Waals surface area (Å²) in [7, 11) is 0. The van der Waals surface area contributed by atoms with Gasteiger partial charge in [0.15, 0.2) is 5.78 Å². The van der Waals surface area contributed by atoms with E-state index in [-0.39, 0.29) is 22.6 Å². The van der Waals surface area contributed by atoms with Gasteiger partial charge < -0.3 is 15.3 Å². The molecule has 9 nitrogen and oxygen atoms in total. The minimum Gasteiger partial charge on any atom is -0.465 e. The Bertz CT molecular complexity index is 1140. The molecule has 12 heteroatoms. The Hall–Kier alpha value is -4.14. The summed E-state index contributed by atoms with van der Waals surface area (Å²) in [6.07, 6.45) is -4.43. The maximum atomic E-state index is 13.8. The second kappa shape index (κ2) is 9.56. The van der Waals surface area contributed by atoms with Gasteiger partial charge in [0.25, 0.3) is 0 Å². The van der Waals surface area contributed by atoms with E-state index in [1.165, 1.54) is 23.2 Å². The number of alkyl halides is 3. The number of anilines is 3. The number of rotatable bonds is 6. The molecular weight excluding hydrogens is 443 g/mol. The molecule has 0 atom stereocenters. The zero-order valence-electron chi connectivity index (χ0n) is 17.1. The standard InChI is InChI=1S/C21H18F3N5O4/c22-21(23,24)14-8-15(16(28-20(32)33)9-17(14)29-5-1-2-6-29)27-19(31)10-18(30)12-3-4-26-13(7-12)11-25/h3-4,7-9,28H,1-2,5-6,10H2,(H,27,31)(H,32,33). The Morgan fingerprint density at radius 3 is 2.39 bits per heavy atom. The molecule has 172 valence electrons. The van der Waals surface area contributed by atoms with Crippen LogP contribution in [0.4, 0.5) is 35.0 Å². The lowest BCUT2D eigenvalue weighted by Gasteiger charge is -2.25. The SMILES string of the molecule is N#Cc1cc(C(=O)CC(=O)Nc2cc(C(F)(F)F)c(N3CCCC3)cc2NC(=O)O)ccn1. The van der Waals surface area contributed by atoms with Crippen molar-refractivity contribution in [3.63, 3.8) is 0 Å². The molecule has 2 amide bonds. The number of pyridine rings is 1. The molecule has 0 bridgehead atoms. The molecule has 1 aliphatic rings. The molecule has 0 spiro atoms. The molecule has 0 unspecified atom stereocenters. The van der Waals surface area contributed by atoms with E-state index in [0.29, 0.717) is 32.0 Å². The fraction of sp³-hybridized carbons (Fsp3) is 0.286. The molecule has 0 saturated carbocycles. The smallest absolute Gasteiger partial charge is 0.418 e. The average molecular weight is 461 g/mol. The minimum atomic E-state index is -4.76. The van der Waals surface area contributed by atoms with Crippen LogP contribution >= 0.6 is 0 Å². The normalized spacial score (nSPS) is 13.3. The van der Waals surface area contributed by atoms with Gasteiger partial charge in [-0.2, -0.15) is 18.4 Å². The van der Waals surface area contributed by atoms with Gasteiger partial charge >= 0.3 is 12.3 Å². The highest BCUT2D eigenvalue weighted by atomic mass is 19.4. The highest BCUT2D eigenvalue weighted by Gasteiger charge is 2.37. The lowest BCUT2D eigenvalue weighted by molar-refractivity contribution is -0.137. The third-order valence-corrected chi connectivity index (χ3v) is 4.92. The van der Waals surface area contributed by atoms with Crippen LogP contribution in [0.5, 0.6) is 0 Å². The number of Topliss-reactive ketones (excluding diaryl/α,β-unsaturated/α-hetero) is 1. The monoisotopic (exact) mass is 461 g/mol. The molecule has 1 aliphatic heterocycles. The summed E-state index contributed by atoms with van der Waals surface area (Å²) in [6, 6.07) is 5.91. The van der Waals surface area contributed by atoms with E-state index < -0.39 is 41.6 Å². The van der Waals surface area contributed by atoms with E-state index in [9.17, 15) is 27.6 Å². The fourth-order valence-corrected chi connectivity index (χ4v) is 3.46. The summed E-state index contributed by atoms with van der Waals surface area (Å²) in [5, 5.41) is 22.2. The Labute approximate surface area is 185 Å². The number of nitrogens with zero attached hydrogens (tertiary/aromatic N) is 3. The first-order valence-corrected chi connectivity index (χ1v) is 9.78. The number of carboxylic acid groups (broad SMARTS) is 1. The molecule has 1 fully saturated rings. The van der Waals surface area contributed by atoms with E-state index in [1.54, 1.807) is 6.07 Å².